The fourth-order valence-corrected chi connectivity index (χ4v) is 4.78. The van der Waals surface area contributed by atoms with Crippen LogP contribution in [0.4, 0.5) is 5.95 Å². The van der Waals surface area contributed by atoms with Crippen molar-refractivity contribution >= 4 is 36.5 Å². The predicted octanol–water partition coefficient (Wildman–Crippen LogP) is 4.22. The molecule has 11 heteroatoms. The Kier molecular flexibility index (Phi) is 8.53. The first-order valence-corrected chi connectivity index (χ1v) is 11.1. The molecule has 190 valence electrons. The summed E-state index contributed by atoms with van der Waals surface area (Å²) in [5, 5.41) is 27.2. The van der Waals surface area contributed by atoms with Gasteiger partial charge in [0.05, 0.1) is 23.6 Å². The molecule has 1 aliphatic rings. The minimum Gasteiger partial charge on any atom is -0.507 e. The molecule has 1 saturated heterocycles. The van der Waals surface area contributed by atoms with Crippen LogP contribution in [0.25, 0.3) is 16.9 Å². The maximum atomic E-state index is 11.5. The maximum Gasteiger partial charge on any atom is 0.245 e. The van der Waals surface area contributed by atoms with E-state index in [1.165, 1.54) is 13.1 Å². The summed E-state index contributed by atoms with van der Waals surface area (Å²) in [5.41, 5.74) is 2.18. The number of Topliss-reactive ketones (excluding diaryl/α,β-unsaturated/α-hetero) is 1. The molecule has 35 heavy (non-hydrogen) atoms. The highest BCUT2D eigenvalue weighted by molar-refractivity contribution is 5.93. The fourth-order valence-electron chi connectivity index (χ4n) is 4.78. The van der Waals surface area contributed by atoms with Crippen molar-refractivity contribution in [2.24, 2.45) is 0 Å². The average molecular weight is 522 g/mol. The Morgan fingerprint density at radius 3 is 2.29 bits per heavy atom. The topological polar surface area (TPSA) is 109 Å². The SMILES string of the molecule is CC(=O)c1cnn(-c2ccc(-c3cnc(N(C)C4CC(C)(C)NC(C)(C)C4)nn3)c(O)c2)c1.Cl.Cl. The van der Waals surface area contributed by atoms with Gasteiger partial charge in [0.2, 0.25) is 5.95 Å². The Morgan fingerprint density at radius 2 is 1.77 bits per heavy atom. The minimum atomic E-state index is -0.0647. The van der Waals surface area contributed by atoms with Crippen LogP contribution in [-0.2, 0) is 0 Å². The number of carbonyl (C=O) groups excluding carboxylic acids is 1. The van der Waals surface area contributed by atoms with Crippen LogP contribution in [0.3, 0.4) is 0 Å². The standard InChI is InChI=1S/C24H31N7O2.2ClH/c1-15(32)16-12-26-31(14-16)17-7-8-19(21(33)9-17)20-13-25-22(28-27-20)30(6)18-10-23(2,3)29-24(4,5)11-18;;/h7-9,12-14,18,29,33H,10-11H2,1-6H3;2*1H. The molecule has 3 aromatic rings. The number of piperidine rings is 1. The Balaban J connectivity index is 0.00000216. The zero-order chi connectivity index (χ0) is 24.0. The van der Waals surface area contributed by atoms with Gasteiger partial charge in [-0.15, -0.1) is 35.0 Å². The van der Waals surface area contributed by atoms with Crippen molar-refractivity contribution < 1.29 is 9.90 Å². The molecule has 0 aliphatic carbocycles. The highest BCUT2D eigenvalue weighted by Gasteiger charge is 2.39. The van der Waals surface area contributed by atoms with Crippen LogP contribution in [0.2, 0.25) is 0 Å². The highest BCUT2D eigenvalue weighted by atomic mass is 35.5. The molecule has 0 spiro atoms. The lowest BCUT2D eigenvalue weighted by Gasteiger charge is -2.48. The second-order valence-corrected chi connectivity index (χ2v) is 10.1. The molecular formula is C24H33Cl2N7O2. The van der Waals surface area contributed by atoms with Crippen molar-refractivity contribution in [2.75, 3.05) is 11.9 Å². The number of hydrogen-bond acceptors (Lipinski definition) is 8. The molecule has 4 rings (SSSR count). The minimum absolute atomic E-state index is 0. The number of carbonyl (C=O) groups is 1. The summed E-state index contributed by atoms with van der Waals surface area (Å²) in [4.78, 5) is 18.1. The van der Waals surface area contributed by atoms with Crippen molar-refractivity contribution in [3.8, 4) is 22.7 Å². The number of phenols is 1. The summed E-state index contributed by atoms with van der Waals surface area (Å²) in [6, 6.07) is 5.40. The van der Waals surface area contributed by atoms with Gasteiger partial charge in [-0.3, -0.25) is 4.79 Å². The smallest absolute Gasteiger partial charge is 0.245 e. The molecule has 2 N–H and O–H groups in total. The molecule has 1 aliphatic heterocycles. The predicted molar refractivity (Wildman–Crippen MR) is 141 cm³/mol. The van der Waals surface area contributed by atoms with Gasteiger partial charge in [-0.05, 0) is 59.6 Å². The number of phenolic OH excluding ortho intramolecular Hbond substituents is 1. The molecule has 3 heterocycles. The first-order chi connectivity index (χ1) is 15.4. The van der Waals surface area contributed by atoms with E-state index in [1.54, 1.807) is 35.3 Å². The van der Waals surface area contributed by atoms with E-state index in [2.05, 4.69) is 58.2 Å². The number of nitrogens with one attached hydrogen (secondary N) is 1. The van der Waals surface area contributed by atoms with Crippen LogP contribution in [0.1, 0.15) is 57.8 Å². The van der Waals surface area contributed by atoms with Crippen molar-refractivity contribution in [2.45, 2.75) is 64.6 Å². The van der Waals surface area contributed by atoms with Gasteiger partial charge in [-0.1, -0.05) is 0 Å². The van der Waals surface area contributed by atoms with Crippen molar-refractivity contribution in [3.63, 3.8) is 0 Å². The zero-order valence-corrected chi connectivity index (χ0v) is 22.4. The van der Waals surface area contributed by atoms with Gasteiger partial charge in [-0.2, -0.15) is 5.10 Å². The Morgan fingerprint density at radius 1 is 1.11 bits per heavy atom. The monoisotopic (exact) mass is 521 g/mol. The quantitative estimate of drug-likeness (QED) is 0.480. The lowest BCUT2D eigenvalue weighted by molar-refractivity contribution is 0.101. The molecule has 0 radical (unpaired) electrons. The average Bonchev–Trinajstić information content (AvgIpc) is 3.22. The number of halogens is 2. The molecule has 0 saturated carbocycles. The third kappa shape index (κ3) is 6.28. The number of anilines is 1. The lowest BCUT2D eigenvalue weighted by atomic mass is 9.79. The summed E-state index contributed by atoms with van der Waals surface area (Å²) in [5.74, 6) is 0.526. The maximum absolute atomic E-state index is 11.5. The Labute approximate surface area is 218 Å². The van der Waals surface area contributed by atoms with Gasteiger partial charge in [0.25, 0.3) is 0 Å². The molecule has 0 amide bonds. The van der Waals surface area contributed by atoms with E-state index in [0.717, 1.165) is 12.8 Å². The molecule has 1 fully saturated rings. The summed E-state index contributed by atoms with van der Waals surface area (Å²) in [7, 11) is 2.00. The van der Waals surface area contributed by atoms with Gasteiger partial charge in [0.1, 0.15) is 11.4 Å². The number of benzene rings is 1. The van der Waals surface area contributed by atoms with E-state index in [4.69, 9.17) is 0 Å². The van der Waals surface area contributed by atoms with E-state index >= 15 is 0 Å². The number of aromatic nitrogens is 5. The number of rotatable bonds is 5. The number of ketones is 1. The van der Waals surface area contributed by atoms with Crippen LogP contribution in [0, 0.1) is 0 Å². The van der Waals surface area contributed by atoms with Gasteiger partial charge in [-0.25, -0.2) is 9.67 Å². The Hall–Kier alpha value is -2.75. The second-order valence-electron chi connectivity index (χ2n) is 10.1. The first kappa shape index (κ1) is 28.5. The second kappa shape index (κ2) is 10.5. The lowest BCUT2D eigenvalue weighted by Crippen LogP contribution is -2.62. The van der Waals surface area contributed by atoms with E-state index in [9.17, 15) is 9.90 Å². The molecule has 0 unspecified atom stereocenters. The molecule has 2 aromatic heterocycles. The van der Waals surface area contributed by atoms with E-state index < -0.39 is 0 Å². The Bertz CT molecular complexity index is 1160. The first-order valence-electron chi connectivity index (χ1n) is 11.1. The third-order valence-corrected chi connectivity index (χ3v) is 6.09. The van der Waals surface area contributed by atoms with Crippen molar-refractivity contribution in [1.82, 2.24) is 30.3 Å². The molecule has 9 nitrogen and oxygen atoms in total. The van der Waals surface area contributed by atoms with E-state index in [1.807, 2.05) is 7.05 Å². The van der Waals surface area contributed by atoms with Crippen LogP contribution in [-0.4, -0.2) is 60.0 Å². The van der Waals surface area contributed by atoms with Crippen LogP contribution in [0.5, 0.6) is 5.75 Å². The van der Waals surface area contributed by atoms with Crippen molar-refractivity contribution in [1.29, 1.82) is 0 Å². The molecular weight excluding hydrogens is 489 g/mol. The number of nitrogens with zero attached hydrogens (tertiary/aromatic N) is 6. The van der Waals surface area contributed by atoms with Gasteiger partial charge < -0.3 is 15.3 Å². The summed E-state index contributed by atoms with van der Waals surface area (Å²) in [6.45, 7) is 10.4. The van der Waals surface area contributed by atoms with E-state index in [-0.39, 0.29) is 53.5 Å². The highest BCUT2D eigenvalue weighted by Crippen LogP contribution is 2.33. The molecule has 0 atom stereocenters. The fraction of sp³-hybridized carbons (Fsp3) is 0.458. The summed E-state index contributed by atoms with van der Waals surface area (Å²) < 4.78 is 1.55. The third-order valence-electron chi connectivity index (χ3n) is 6.09. The number of aromatic hydroxyl groups is 1. The number of hydrogen-bond donors (Lipinski definition) is 2. The van der Waals surface area contributed by atoms with Crippen LogP contribution < -0.4 is 10.2 Å². The summed E-state index contributed by atoms with van der Waals surface area (Å²) in [6.07, 6.45) is 6.71. The van der Waals surface area contributed by atoms with Gasteiger partial charge >= 0.3 is 0 Å². The molecule has 1 aromatic carbocycles. The van der Waals surface area contributed by atoms with Crippen molar-refractivity contribution in [3.05, 3.63) is 42.4 Å². The molecule has 0 bridgehead atoms. The normalized spacial score (nSPS) is 16.6. The largest absolute Gasteiger partial charge is 0.507 e. The van der Waals surface area contributed by atoms with Gasteiger partial charge in [0.15, 0.2) is 5.78 Å². The van der Waals surface area contributed by atoms with Crippen LogP contribution in [0.15, 0.2) is 36.8 Å². The zero-order valence-electron chi connectivity index (χ0n) is 20.8. The van der Waals surface area contributed by atoms with Gasteiger partial charge in [0, 0.05) is 42.0 Å². The van der Waals surface area contributed by atoms with E-state index in [0.29, 0.717) is 28.5 Å². The van der Waals surface area contributed by atoms with Crippen LogP contribution >= 0.6 is 24.8 Å². The summed E-state index contributed by atoms with van der Waals surface area (Å²) >= 11 is 0.